The molecule has 1 aliphatic rings. The topological polar surface area (TPSA) is 52.6 Å². The number of esters is 1. The predicted octanol–water partition coefficient (Wildman–Crippen LogP) is 2.74. The van der Waals surface area contributed by atoms with Crippen molar-refractivity contribution in [2.75, 3.05) is 6.61 Å². The maximum atomic E-state index is 11.6. The smallest absolute Gasteiger partial charge is 0.373 e. The summed E-state index contributed by atoms with van der Waals surface area (Å²) in [6, 6.07) is 0. The molecule has 0 saturated heterocycles. The van der Waals surface area contributed by atoms with Gasteiger partial charge in [-0.15, -0.1) is 0 Å². The molecule has 0 aliphatic carbocycles. The van der Waals surface area contributed by atoms with E-state index in [9.17, 15) is 9.59 Å². The lowest BCUT2D eigenvalue weighted by atomic mass is 9.98. The molecule has 0 radical (unpaired) electrons. The number of carbonyl (C=O) groups is 2. The van der Waals surface area contributed by atoms with Crippen molar-refractivity contribution in [3.8, 4) is 0 Å². The van der Waals surface area contributed by atoms with Gasteiger partial charge in [-0.3, -0.25) is 4.79 Å². The Bertz CT molecular complexity index is 404. The predicted molar refractivity (Wildman–Crippen MR) is 67.6 cm³/mol. The van der Waals surface area contributed by atoms with Gasteiger partial charge in [-0.05, 0) is 25.8 Å². The average molecular weight is 252 g/mol. The van der Waals surface area contributed by atoms with Crippen LogP contribution in [0.1, 0.15) is 40.5 Å². The summed E-state index contributed by atoms with van der Waals surface area (Å²) in [7, 11) is 0. The first-order chi connectivity index (χ1) is 8.49. The third-order valence-corrected chi connectivity index (χ3v) is 2.81. The molecule has 1 atom stereocenters. The minimum Gasteiger partial charge on any atom is -0.460 e. The van der Waals surface area contributed by atoms with E-state index in [1.165, 1.54) is 0 Å². The fraction of sp³-hybridized carbons (Fsp3) is 0.571. The number of rotatable bonds is 4. The van der Waals surface area contributed by atoms with Gasteiger partial charge in [-0.1, -0.05) is 13.8 Å². The molecule has 4 heteroatoms. The molecule has 1 aliphatic heterocycles. The Kier molecular flexibility index (Phi) is 5.13. The first kappa shape index (κ1) is 14.5. The molecule has 0 bridgehead atoms. The third kappa shape index (κ3) is 3.45. The van der Waals surface area contributed by atoms with Crippen LogP contribution < -0.4 is 0 Å². The molecule has 1 rings (SSSR count). The fourth-order valence-corrected chi connectivity index (χ4v) is 1.78. The van der Waals surface area contributed by atoms with Gasteiger partial charge < -0.3 is 9.47 Å². The summed E-state index contributed by atoms with van der Waals surface area (Å²) in [5, 5.41) is 0. The molecule has 0 N–H and O–H groups in total. The molecule has 1 heterocycles. The molecular weight excluding hydrogens is 232 g/mol. The minimum absolute atomic E-state index is 0.0438. The Balaban J connectivity index is 2.94. The van der Waals surface area contributed by atoms with Gasteiger partial charge in [0.05, 0.1) is 6.61 Å². The SMILES string of the molecule is CCOC(=O)C1=C[C@H](C)C/C(=C(/C)C(=O)CC)O1. The van der Waals surface area contributed by atoms with E-state index in [1.54, 1.807) is 26.8 Å². The Hall–Kier alpha value is -1.58. The molecule has 0 aromatic carbocycles. The van der Waals surface area contributed by atoms with Crippen LogP contribution in [0.5, 0.6) is 0 Å². The molecule has 18 heavy (non-hydrogen) atoms. The van der Waals surface area contributed by atoms with Crippen LogP contribution in [0, 0.1) is 5.92 Å². The van der Waals surface area contributed by atoms with Crippen molar-refractivity contribution < 1.29 is 19.1 Å². The maximum absolute atomic E-state index is 11.6. The van der Waals surface area contributed by atoms with Crippen LogP contribution in [0.4, 0.5) is 0 Å². The highest BCUT2D eigenvalue weighted by atomic mass is 16.6. The molecule has 0 unspecified atom stereocenters. The Morgan fingerprint density at radius 3 is 2.67 bits per heavy atom. The van der Waals surface area contributed by atoms with E-state index in [0.29, 0.717) is 30.8 Å². The van der Waals surface area contributed by atoms with E-state index < -0.39 is 5.97 Å². The van der Waals surface area contributed by atoms with E-state index in [2.05, 4.69) is 0 Å². The van der Waals surface area contributed by atoms with Gasteiger partial charge in [0.1, 0.15) is 5.76 Å². The van der Waals surface area contributed by atoms with Crippen molar-refractivity contribution in [2.24, 2.45) is 5.92 Å². The van der Waals surface area contributed by atoms with E-state index in [-0.39, 0.29) is 17.5 Å². The van der Waals surface area contributed by atoms with Crippen LogP contribution in [0.15, 0.2) is 23.2 Å². The van der Waals surface area contributed by atoms with Crippen LogP contribution in [0.2, 0.25) is 0 Å². The van der Waals surface area contributed by atoms with Crippen LogP contribution in [-0.4, -0.2) is 18.4 Å². The molecule has 0 spiro atoms. The summed E-state index contributed by atoms with van der Waals surface area (Å²) in [6.45, 7) is 7.57. The first-order valence-electron chi connectivity index (χ1n) is 6.29. The number of hydrogen-bond acceptors (Lipinski definition) is 4. The van der Waals surface area contributed by atoms with Crippen LogP contribution >= 0.6 is 0 Å². The molecule has 0 amide bonds. The van der Waals surface area contributed by atoms with Crippen molar-refractivity contribution in [2.45, 2.75) is 40.5 Å². The van der Waals surface area contributed by atoms with E-state index in [0.717, 1.165) is 0 Å². The molecule has 4 nitrogen and oxygen atoms in total. The number of ether oxygens (including phenoxy) is 2. The number of ketones is 1. The Morgan fingerprint density at radius 2 is 2.11 bits per heavy atom. The van der Waals surface area contributed by atoms with Gasteiger partial charge >= 0.3 is 5.97 Å². The van der Waals surface area contributed by atoms with Gasteiger partial charge in [-0.25, -0.2) is 4.79 Å². The summed E-state index contributed by atoms with van der Waals surface area (Å²) in [4.78, 5) is 23.3. The second-order valence-corrected chi connectivity index (χ2v) is 4.36. The van der Waals surface area contributed by atoms with Gasteiger partial charge in [0.15, 0.2) is 5.78 Å². The summed E-state index contributed by atoms with van der Waals surface area (Å²) < 4.78 is 10.4. The van der Waals surface area contributed by atoms with Crippen molar-refractivity contribution in [1.82, 2.24) is 0 Å². The van der Waals surface area contributed by atoms with E-state index in [1.807, 2.05) is 6.92 Å². The summed E-state index contributed by atoms with van der Waals surface area (Å²) in [5.74, 6) is 0.502. The summed E-state index contributed by atoms with van der Waals surface area (Å²) in [5.41, 5.74) is 0.597. The highest BCUT2D eigenvalue weighted by molar-refractivity contribution is 5.95. The van der Waals surface area contributed by atoms with Crippen molar-refractivity contribution in [3.63, 3.8) is 0 Å². The Labute approximate surface area is 108 Å². The van der Waals surface area contributed by atoms with Crippen LogP contribution in [0.25, 0.3) is 0 Å². The normalized spacial score (nSPS) is 21.8. The second-order valence-electron chi connectivity index (χ2n) is 4.36. The van der Waals surface area contributed by atoms with E-state index >= 15 is 0 Å². The maximum Gasteiger partial charge on any atom is 0.373 e. The van der Waals surface area contributed by atoms with Gasteiger partial charge in [0.25, 0.3) is 0 Å². The highest BCUT2D eigenvalue weighted by Crippen LogP contribution is 2.28. The summed E-state index contributed by atoms with van der Waals surface area (Å²) >= 11 is 0. The number of allylic oxidation sites excluding steroid dienone is 3. The van der Waals surface area contributed by atoms with Crippen LogP contribution in [0.3, 0.4) is 0 Å². The van der Waals surface area contributed by atoms with Crippen LogP contribution in [-0.2, 0) is 19.1 Å². The number of hydrogen-bond donors (Lipinski definition) is 0. The Morgan fingerprint density at radius 1 is 1.44 bits per heavy atom. The lowest BCUT2D eigenvalue weighted by Crippen LogP contribution is -2.18. The molecule has 0 fully saturated rings. The standard InChI is InChI=1S/C14H20O4/c1-5-11(15)10(4)12-7-9(3)8-13(18-12)14(16)17-6-2/h8-9H,5-7H2,1-4H3/b12-10+/t9-/m1/s1. The zero-order chi connectivity index (χ0) is 13.7. The molecular formula is C14H20O4. The molecule has 0 aromatic heterocycles. The van der Waals surface area contributed by atoms with Gasteiger partial charge in [-0.2, -0.15) is 0 Å². The number of carbonyl (C=O) groups excluding carboxylic acids is 2. The second kappa shape index (κ2) is 6.38. The molecule has 0 aromatic rings. The molecule has 100 valence electrons. The number of Topliss-reactive ketones (excluding diaryl/α,β-unsaturated/α-hetero) is 1. The van der Waals surface area contributed by atoms with Gasteiger partial charge in [0.2, 0.25) is 5.76 Å². The quantitative estimate of drug-likeness (QED) is 0.570. The summed E-state index contributed by atoms with van der Waals surface area (Å²) in [6.07, 6.45) is 2.82. The average Bonchev–Trinajstić information content (AvgIpc) is 2.36. The minimum atomic E-state index is -0.474. The highest BCUT2D eigenvalue weighted by Gasteiger charge is 2.24. The molecule has 0 saturated carbocycles. The third-order valence-electron chi connectivity index (χ3n) is 2.81. The van der Waals surface area contributed by atoms with Crippen molar-refractivity contribution in [1.29, 1.82) is 0 Å². The zero-order valence-corrected chi connectivity index (χ0v) is 11.4. The largest absolute Gasteiger partial charge is 0.460 e. The van der Waals surface area contributed by atoms with Gasteiger partial charge in [0, 0.05) is 18.4 Å². The monoisotopic (exact) mass is 252 g/mol. The van der Waals surface area contributed by atoms with E-state index in [4.69, 9.17) is 9.47 Å². The zero-order valence-electron chi connectivity index (χ0n) is 11.4. The first-order valence-corrected chi connectivity index (χ1v) is 6.29. The van der Waals surface area contributed by atoms with Crippen molar-refractivity contribution in [3.05, 3.63) is 23.2 Å². The lowest BCUT2D eigenvalue weighted by Gasteiger charge is -2.22. The van der Waals surface area contributed by atoms with Crippen molar-refractivity contribution >= 4 is 11.8 Å². The lowest BCUT2D eigenvalue weighted by molar-refractivity contribution is -0.142. The fourth-order valence-electron chi connectivity index (χ4n) is 1.78.